The van der Waals surface area contributed by atoms with Gasteiger partial charge in [0.15, 0.2) is 0 Å². The fourth-order valence-electron chi connectivity index (χ4n) is 1.85. The van der Waals surface area contributed by atoms with E-state index in [0.717, 1.165) is 35.0 Å². The first-order valence-electron chi connectivity index (χ1n) is 5.70. The SMILES string of the molecule is CCN(C(=O)c1ccc(C)c(Br)c1)C1CC1. The third-order valence-electron chi connectivity index (χ3n) is 3.01. The third kappa shape index (κ3) is 2.29. The normalized spacial score (nSPS) is 14.9. The molecule has 1 aliphatic rings. The minimum atomic E-state index is 0.158. The highest BCUT2D eigenvalue weighted by Crippen LogP contribution is 2.28. The molecule has 3 heteroatoms. The van der Waals surface area contributed by atoms with Gasteiger partial charge in [-0.2, -0.15) is 0 Å². The molecule has 2 rings (SSSR count). The van der Waals surface area contributed by atoms with Crippen LogP contribution in [-0.2, 0) is 0 Å². The Balaban J connectivity index is 2.22. The van der Waals surface area contributed by atoms with Gasteiger partial charge in [-0.15, -0.1) is 0 Å². The Bertz CT molecular complexity index is 412. The number of hydrogen-bond donors (Lipinski definition) is 0. The Hall–Kier alpha value is -0.830. The second-order valence-corrected chi connectivity index (χ2v) is 5.14. The average Bonchev–Trinajstić information content (AvgIpc) is 3.07. The molecule has 0 unspecified atom stereocenters. The van der Waals surface area contributed by atoms with Crippen LogP contribution < -0.4 is 0 Å². The highest BCUT2D eigenvalue weighted by atomic mass is 79.9. The summed E-state index contributed by atoms with van der Waals surface area (Å²) in [5.74, 6) is 0.158. The lowest BCUT2D eigenvalue weighted by molar-refractivity contribution is 0.0752. The molecule has 0 spiro atoms. The maximum Gasteiger partial charge on any atom is 0.254 e. The molecule has 0 bridgehead atoms. The van der Waals surface area contributed by atoms with Crippen molar-refractivity contribution in [1.29, 1.82) is 0 Å². The minimum absolute atomic E-state index is 0.158. The van der Waals surface area contributed by atoms with Crippen molar-refractivity contribution in [2.75, 3.05) is 6.54 Å². The Morgan fingerprint density at radius 3 is 2.69 bits per heavy atom. The third-order valence-corrected chi connectivity index (χ3v) is 3.86. The molecule has 1 aromatic rings. The van der Waals surface area contributed by atoms with Gasteiger partial charge in [0, 0.05) is 22.6 Å². The predicted molar refractivity (Wildman–Crippen MR) is 68.6 cm³/mol. The van der Waals surface area contributed by atoms with Crippen LogP contribution in [0.1, 0.15) is 35.7 Å². The predicted octanol–water partition coefficient (Wildman–Crippen LogP) is 3.38. The largest absolute Gasteiger partial charge is 0.336 e. The molecule has 1 saturated carbocycles. The molecule has 0 saturated heterocycles. The molecule has 0 aromatic heterocycles. The molecule has 0 atom stereocenters. The Labute approximate surface area is 105 Å². The molecule has 0 heterocycles. The summed E-state index contributed by atoms with van der Waals surface area (Å²) in [6.45, 7) is 4.87. The van der Waals surface area contributed by atoms with Crippen LogP contribution in [0, 0.1) is 6.92 Å². The van der Waals surface area contributed by atoms with E-state index in [1.165, 1.54) is 0 Å². The van der Waals surface area contributed by atoms with Gasteiger partial charge in [-0.1, -0.05) is 22.0 Å². The van der Waals surface area contributed by atoms with Crippen LogP contribution in [0.15, 0.2) is 22.7 Å². The average molecular weight is 282 g/mol. The number of rotatable bonds is 3. The van der Waals surface area contributed by atoms with Gasteiger partial charge < -0.3 is 4.90 Å². The van der Waals surface area contributed by atoms with Crippen LogP contribution in [0.4, 0.5) is 0 Å². The van der Waals surface area contributed by atoms with Crippen LogP contribution in [0.25, 0.3) is 0 Å². The van der Waals surface area contributed by atoms with Gasteiger partial charge >= 0.3 is 0 Å². The summed E-state index contributed by atoms with van der Waals surface area (Å²) in [6, 6.07) is 6.30. The van der Waals surface area contributed by atoms with Gasteiger partial charge in [0.1, 0.15) is 0 Å². The van der Waals surface area contributed by atoms with Gasteiger partial charge in [0.25, 0.3) is 5.91 Å². The smallest absolute Gasteiger partial charge is 0.254 e. The summed E-state index contributed by atoms with van der Waals surface area (Å²) in [4.78, 5) is 14.2. The Kier molecular flexibility index (Phi) is 3.33. The summed E-state index contributed by atoms with van der Waals surface area (Å²) >= 11 is 3.47. The first-order valence-corrected chi connectivity index (χ1v) is 6.50. The molecule has 1 fully saturated rings. The van der Waals surface area contributed by atoms with Crippen LogP contribution in [0.3, 0.4) is 0 Å². The van der Waals surface area contributed by atoms with Crippen molar-refractivity contribution in [2.24, 2.45) is 0 Å². The number of amides is 1. The molecule has 16 heavy (non-hydrogen) atoms. The Morgan fingerprint density at radius 1 is 1.50 bits per heavy atom. The summed E-state index contributed by atoms with van der Waals surface area (Å²) in [6.07, 6.45) is 2.32. The van der Waals surface area contributed by atoms with Crippen molar-refractivity contribution >= 4 is 21.8 Å². The van der Waals surface area contributed by atoms with E-state index in [0.29, 0.717) is 6.04 Å². The van der Waals surface area contributed by atoms with E-state index in [-0.39, 0.29) is 5.91 Å². The lowest BCUT2D eigenvalue weighted by atomic mass is 10.1. The summed E-state index contributed by atoms with van der Waals surface area (Å²) < 4.78 is 1.00. The van der Waals surface area contributed by atoms with Gasteiger partial charge in [0.2, 0.25) is 0 Å². The monoisotopic (exact) mass is 281 g/mol. The lowest BCUT2D eigenvalue weighted by Gasteiger charge is -2.20. The van der Waals surface area contributed by atoms with Crippen molar-refractivity contribution < 1.29 is 4.79 Å². The molecule has 2 nitrogen and oxygen atoms in total. The fourth-order valence-corrected chi connectivity index (χ4v) is 2.22. The number of hydrogen-bond acceptors (Lipinski definition) is 1. The van der Waals surface area contributed by atoms with E-state index in [4.69, 9.17) is 0 Å². The summed E-state index contributed by atoms with van der Waals surface area (Å²) in [5, 5.41) is 0. The summed E-state index contributed by atoms with van der Waals surface area (Å²) in [7, 11) is 0. The van der Waals surface area contributed by atoms with E-state index in [1.807, 2.05) is 36.9 Å². The zero-order valence-corrected chi connectivity index (χ0v) is 11.3. The number of aryl methyl sites for hydroxylation is 1. The molecule has 1 amide bonds. The van der Waals surface area contributed by atoms with Crippen molar-refractivity contribution in [3.05, 3.63) is 33.8 Å². The standard InChI is InChI=1S/C13H16BrNO/c1-3-15(11-6-7-11)13(16)10-5-4-9(2)12(14)8-10/h4-5,8,11H,3,6-7H2,1-2H3. The van der Waals surface area contributed by atoms with E-state index < -0.39 is 0 Å². The zero-order chi connectivity index (χ0) is 11.7. The van der Waals surface area contributed by atoms with Crippen molar-refractivity contribution in [3.63, 3.8) is 0 Å². The number of nitrogens with zero attached hydrogens (tertiary/aromatic N) is 1. The van der Waals surface area contributed by atoms with Gasteiger partial charge in [-0.3, -0.25) is 4.79 Å². The quantitative estimate of drug-likeness (QED) is 0.832. The second-order valence-electron chi connectivity index (χ2n) is 4.29. The number of carbonyl (C=O) groups excluding carboxylic acids is 1. The molecule has 86 valence electrons. The number of carbonyl (C=O) groups is 1. The molecule has 0 N–H and O–H groups in total. The molecular formula is C13H16BrNO. The minimum Gasteiger partial charge on any atom is -0.336 e. The Morgan fingerprint density at radius 2 is 2.19 bits per heavy atom. The maximum atomic E-state index is 12.2. The van der Waals surface area contributed by atoms with E-state index in [1.54, 1.807) is 0 Å². The molecular weight excluding hydrogens is 266 g/mol. The first kappa shape index (κ1) is 11.6. The van der Waals surface area contributed by atoms with E-state index in [2.05, 4.69) is 15.9 Å². The van der Waals surface area contributed by atoms with Crippen molar-refractivity contribution in [1.82, 2.24) is 4.90 Å². The van der Waals surface area contributed by atoms with Crippen LogP contribution in [0.5, 0.6) is 0 Å². The van der Waals surface area contributed by atoms with E-state index in [9.17, 15) is 4.79 Å². The van der Waals surface area contributed by atoms with Gasteiger partial charge in [-0.25, -0.2) is 0 Å². The number of benzene rings is 1. The summed E-state index contributed by atoms with van der Waals surface area (Å²) in [5.41, 5.74) is 1.94. The van der Waals surface area contributed by atoms with Gasteiger partial charge in [0.05, 0.1) is 0 Å². The molecule has 0 aliphatic heterocycles. The number of halogens is 1. The molecule has 0 radical (unpaired) electrons. The molecule has 1 aromatic carbocycles. The highest BCUT2D eigenvalue weighted by molar-refractivity contribution is 9.10. The van der Waals surface area contributed by atoms with Crippen molar-refractivity contribution in [3.8, 4) is 0 Å². The highest BCUT2D eigenvalue weighted by Gasteiger charge is 2.31. The van der Waals surface area contributed by atoms with E-state index >= 15 is 0 Å². The topological polar surface area (TPSA) is 20.3 Å². The lowest BCUT2D eigenvalue weighted by Crippen LogP contribution is -2.32. The maximum absolute atomic E-state index is 12.2. The zero-order valence-electron chi connectivity index (χ0n) is 9.66. The second kappa shape index (κ2) is 4.58. The first-order chi connectivity index (χ1) is 7.63. The van der Waals surface area contributed by atoms with Crippen LogP contribution >= 0.6 is 15.9 Å². The molecule has 1 aliphatic carbocycles. The van der Waals surface area contributed by atoms with Crippen molar-refractivity contribution in [2.45, 2.75) is 32.7 Å². The fraction of sp³-hybridized carbons (Fsp3) is 0.462. The van der Waals surface area contributed by atoms with Crippen LogP contribution in [0.2, 0.25) is 0 Å². The van der Waals surface area contributed by atoms with Crippen LogP contribution in [-0.4, -0.2) is 23.4 Å². The van der Waals surface area contributed by atoms with Gasteiger partial charge in [-0.05, 0) is 44.4 Å².